The first-order valence-electron chi connectivity index (χ1n) is 7.12. The fourth-order valence-corrected chi connectivity index (χ4v) is 3.48. The average molecular weight is 338 g/mol. The molecule has 1 unspecified atom stereocenters. The third-order valence-corrected chi connectivity index (χ3v) is 4.81. The highest BCUT2D eigenvalue weighted by Crippen LogP contribution is 2.41. The Kier molecular flexibility index (Phi) is 5.00. The average Bonchev–Trinajstić information content (AvgIpc) is 2.44. The Bertz CT molecular complexity index is 752. The molecular weight excluding hydrogens is 319 g/mol. The summed E-state index contributed by atoms with van der Waals surface area (Å²) in [6, 6.07) is 8.66. The summed E-state index contributed by atoms with van der Waals surface area (Å²) in [7, 11) is -4.65. The summed E-state index contributed by atoms with van der Waals surface area (Å²) in [6.07, 6.45) is 0.816. The Hall–Kier alpha value is -2.01. The highest BCUT2D eigenvalue weighted by molar-refractivity contribution is 7.60. The zero-order valence-electron chi connectivity index (χ0n) is 12.5. The molecule has 0 aromatic heterocycles. The van der Waals surface area contributed by atoms with Gasteiger partial charge in [0, 0.05) is 11.6 Å². The van der Waals surface area contributed by atoms with E-state index >= 15 is 0 Å². The van der Waals surface area contributed by atoms with Gasteiger partial charge in [0.05, 0.1) is 5.30 Å². The van der Waals surface area contributed by atoms with E-state index < -0.39 is 13.3 Å². The van der Waals surface area contributed by atoms with Crippen molar-refractivity contribution in [2.75, 3.05) is 0 Å². The van der Waals surface area contributed by atoms with Gasteiger partial charge in [-0.05, 0) is 42.5 Å². The summed E-state index contributed by atoms with van der Waals surface area (Å²) < 4.78 is 11.7. The quantitative estimate of drug-likeness (QED) is 0.534. The maximum Gasteiger partial charge on any atom is 0.356 e. The van der Waals surface area contributed by atoms with Gasteiger partial charge in [0.15, 0.2) is 0 Å². The second kappa shape index (κ2) is 6.62. The minimum Gasteiger partial charge on any atom is -0.508 e. The van der Waals surface area contributed by atoms with Crippen molar-refractivity contribution in [2.45, 2.75) is 25.7 Å². The molecule has 0 heterocycles. The molecule has 5 N–H and O–H groups in total. The molecule has 0 aliphatic rings. The van der Waals surface area contributed by atoms with Crippen LogP contribution in [0.15, 0.2) is 36.4 Å². The van der Waals surface area contributed by atoms with Crippen LogP contribution in [0.5, 0.6) is 17.2 Å². The lowest BCUT2D eigenvalue weighted by Gasteiger charge is -2.19. The first-order chi connectivity index (χ1) is 10.7. The van der Waals surface area contributed by atoms with Crippen LogP contribution in [0.25, 0.3) is 0 Å². The van der Waals surface area contributed by atoms with Crippen molar-refractivity contribution in [2.24, 2.45) is 0 Å². The molecular formula is C16H19O6P. The summed E-state index contributed by atoms with van der Waals surface area (Å²) in [5.41, 5.74) is 0.906. The molecule has 2 rings (SSSR count). The Morgan fingerprint density at radius 1 is 1.04 bits per heavy atom. The van der Waals surface area contributed by atoms with E-state index in [1.165, 1.54) is 6.07 Å². The number of phenolic OH excluding ortho intramolecular Hbond substituents is 3. The fraction of sp³-hybridized carbons (Fsp3) is 0.250. The van der Waals surface area contributed by atoms with Crippen LogP contribution >= 0.6 is 7.60 Å². The lowest BCUT2D eigenvalue weighted by molar-refractivity contribution is 0.385. The van der Waals surface area contributed by atoms with E-state index in [1.54, 1.807) is 12.1 Å². The third-order valence-electron chi connectivity index (χ3n) is 3.79. The molecule has 0 aliphatic heterocycles. The van der Waals surface area contributed by atoms with E-state index in [9.17, 15) is 29.7 Å². The Labute approximate surface area is 133 Å². The largest absolute Gasteiger partial charge is 0.508 e. The fourth-order valence-electron chi connectivity index (χ4n) is 2.62. The Morgan fingerprint density at radius 2 is 1.74 bits per heavy atom. The molecule has 0 bridgehead atoms. The molecule has 124 valence electrons. The molecule has 7 heteroatoms. The molecule has 2 aromatic rings. The number of benzene rings is 2. The molecule has 2 aromatic carbocycles. The monoisotopic (exact) mass is 338 g/mol. The van der Waals surface area contributed by atoms with Crippen LogP contribution < -0.4 is 5.30 Å². The van der Waals surface area contributed by atoms with E-state index in [1.807, 2.05) is 13.0 Å². The van der Waals surface area contributed by atoms with Gasteiger partial charge in [-0.15, -0.1) is 0 Å². The number of aromatic hydroxyl groups is 3. The van der Waals surface area contributed by atoms with Crippen LogP contribution in [0.2, 0.25) is 0 Å². The lowest BCUT2D eigenvalue weighted by Crippen LogP contribution is -2.14. The number of phenols is 3. The first kappa shape index (κ1) is 17.3. The number of hydrogen-bond donors (Lipinski definition) is 5. The molecule has 0 aliphatic carbocycles. The van der Waals surface area contributed by atoms with Gasteiger partial charge < -0.3 is 25.1 Å². The maximum atomic E-state index is 11.7. The summed E-state index contributed by atoms with van der Waals surface area (Å²) in [6.45, 7) is 1.91. The normalized spacial score (nSPS) is 13.0. The summed E-state index contributed by atoms with van der Waals surface area (Å²) >= 11 is 0. The van der Waals surface area contributed by atoms with E-state index in [4.69, 9.17) is 0 Å². The maximum absolute atomic E-state index is 11.7. The van der Waals surface area contributed by atoms with Crippen molar-refractivity contribution in [3.8, 4) is 17.2 Å². The minimum absolute atomic E-state index is 0.103. The summed E-state index contributed by atoms with van der Waals surface area (Å²) in [5.74, 6) is -0.814. The topological polar surface area (TPSA) is 118 Å². The van der Waals surface area contributed by atoms with Crippen molar-refractivity contribution in [3.05, 3.63) is 47.5 Å². The van der Waals surface area contributed by atoms with Crippen molar-refractivity contribution < 1.29 is 29.7 Å². The summed E-state index contributed by atoms with van der Waals surface area (Å²) in [5, 5.41) is 28.7. The molecule has 6 nitrogen and oxygen atoms in total. The molecule has 0 radical (unpaired) electrons. The van der Waals surface area contributed by atoms with Gasteiger partial charge in [-0.2, -0.15) is 0 Å². The van der Waals surface area contributed by atoms with Crippen LogP contribution in [0.4, 0.5) is 0 Å². The van der Waals surface area contributed by atoms with Gasteiger partial charge in [-0.1, -0.05) is 19.1 Å². The van der Waals surface area contributed by atoms with Crippen LogP contribution in [-0.4, -0.2) is 25.1 Å². The van der Waals surface area contributed by atoms with Gasteiger partial charge in [-0.3, -0.25) is 4.57 Å². The molecule has 0 fully saturated rings. The van der Waals surface area contributed by atoms with Crippen molar-refractivity contribution in [3.63, 3.8) is 0 Å². The SMILES string of the molecule is CCC(Cc1c(O)cc(O)cc1P(=O)(O)O)c1cccc(O)c1. The third kappa shape index (κ3) is 4.05. The second-order valence-corrected chi connectivity index (χ2v) is 6.98. The van der Waals surface area contributed by atoms with Gasteiger partial charge in [0.1, 0.15) is 17.2 Å². The van der Waals surface area contributed by atoms with E-state index in [-0.39, 0.29) is 34.7 Å². The van der Waals surface area contributed by atoms with E-state index in [0.717, 1.165) is 17.7 Å². The standard InChI is InChI=1S/C16H19O6P/c1-2-10(11-4-3-5-12(17)6-11)7-14-15(19)8-13(18)9-16(14)23(20,21)22/h3-6,8-10,17-19H,2,7H2,1H3,(H2,20,21,22). The number of hydrogen-bond acceptors (Lipinski definition) is 4. The van der Waals surface area contributed by atoms with Crippen LogP contribution in [-0.2, 0) is 11.0 Å². The van der Waals surface area contributed by atoms with Gasteiger partial charge >= 0.3 is 7.60 Å². The Balaban J connectivity index is 2.47. The molecule has 0 saturated carbocycles. The van der Waals surface area contributed by atoms with Crippen LogP contribution in [0.3, 0.4) is 0 Å². The van der Waals surface area contributed by atoms with Crippen molar-refractivity contribution >= 4 is 12.9 Å². The van der Waals surface area contributed by atoms with Crippen LogP contribution in [0.1, 0.15) is 30.4 Å². The molecule has 0 amide bonds. The summed E-state index contributed by atoms with van der Waals surface area (Å²) in [4.78, 5) is 18.9. The lowest BCUT2D eigenvalue weighted by atomic mass is 9.89. The van der Waals surface area contributed by atoms with E-state index in [2.05, 4.69) is 0 Å². The first-order valence-corrected chi connectivity index (χ1v) is 8.73. The zero-order chi connectivity index (χ0) is 17.2. The highest BCUT2D eigenvalue weighted by Gasteiger charge is 2.27. The second-order valence-electron chi connectivity index (χ2n) is 5.41. The molecule has 0 spiro atoms. The van der Waals surface area contributed by atoms with Crippen molar-refractivity contribution in [1.29, 1.82) is 0 Å². The van der Waals surface area contributed by atoms with Crippen LogP contribution in [0, 0.1) is 0 Å². The van der Waals surface area contributed by atoms with Crippen molar-refractivity contribution in [1.82, 2.24) is 0 Å². The van der Waals surface area contributed by atoms with Gasteiger partial charge in [0.2, 0.25) is 0 Å². The highest BCUT2D eigenvalue weighted by atomic mass is 31.2. The zero-order valence-corrected chi connectivity index (χ0v) is 13.4. The molecule has 0 saturated heterocycles. The molecule has 1 atom stereocenters. The predicted octanol–water partition coefficient (Wildman–Crippen LogP) is 2.34. The van der Waals surface area contributed by atoms with Gasteiger partial charge in [-0.25, -0.2) is 0 Å². The Morgan fingerprint density at radius 3 is 2.30 bits per heavy atom. The van der Waals surface area contributed by atoms with Gasteiger partial charge in [0.25, 0.3) is 0 Å². The van der Waals surface area contributed by atoms with E-state index in [0.29, 0.717) is 6.42 Å². The predicted molar refractivity (Wildman–Crippen MR) is 86.3 cm³/mol. The molecule has 23 heavy (non-hydrogen) atoms. The number of rotatable bonds is 5. The minimum atomic E-state index is -4.65. The smallest absolute Gasteiger partial charge is 0.356 e.